The Morgan fingerprint density at radius 1 is 1.40 bits per heavy atom. The molecule has 4 heteroatoms. The lowest BCUT2D eigenvalue weighted by molar-refractivity contribution is 0.0602. The monoisotopic (exact) mass is 229 g/mol. The Bertz CT molecular complexity index is 350. The van der Waals surface area contributed by atoms with Gasteiger partial charge in [-0.05, 0) is 23.6 Å². The third kappa shape index (κ3) is 3.13. The van der Waals surface area contributed by atoms with E-state index in [2.05, 4.69) is 18.6 Å². The van der Waals surface area contributed by atoms with Crippen molar-refractivity contribution in [2.45, 2.75) is 19.8 Å². The van der Waals surface area contributed by atoms with Gasteiger partial charge in [0.2, 0.25) is 0 Å². The second kappa shape index (κ2) is 5.61. The smallest absolute Gasteiger partial charge is 0.339 e. The fourth-order valence-electron chi connectivity index (χ4n) is 1.22. The quantitative estimate of drug-likeness (QED) is 0.627. The van der Waals surface area contributed by atoms with Crippen LogP contribution in [0.15, 0.2) is 18.2 Å². The highest BCUT2D eigenvalue weighted by Gasteiger charge is 2.11. The molecule has 0 unspecified atom stereocenters. The van der Waals surface area contributed by atoms with E-state index in [0.29, 0.717) is 17.2 Å². The Morgan fingerprint density at radius 3 is 2.47 bits per heavy atom. The van der Waals surface area contributed by atoms with Gasteiger partial charge in [-0.1, -0.05) is 19.9 Å². The average Bonchev–Trinajstić information content (AvgIpc) is 2.17. The van der Waals surface area contributed by atoms with Crippen LogP contribution in [-0.4, -0.2) is 13.1 Å². The van der Waals surface area contributed by atoms with Crippen LogP contribution in [0.25, 0.3) is 0 Å². The summed E-state index contributed by atoms with van der Waals surface area (Å²) in [7, 11) is 1.35. The molecule has 0 atom stereocenters. The van der Waals surface area contributed by atoms with Crippen molar-refractivity contribution in [2.75, 3.05) is 12.8 Å². The summed E-state index contributed by atoms with van der Waals surface area (Å²) in [5, 5.41) is 0. The lowest BCUT2D eigenvalue weighted by Gasteiger charge is -2.09. The number of hydrogen-bond acceptors (Lipinski definition) is 3. The van der Waals surface area contributed by atoms with Crippen molar-refractivity contribution in [1.29, 1.82) is 0 Å². The van der Waals surface area contributed by atoms with E-state index in [1.54, 1.807) is 12.1 Å². The third-order valence-corrected chi connectivity index (χ3v) is 2.15. The molecule has 84 valence electrons. The van der Waals surface area contributed by atoms with Crippen LogP contribution in [0.1, 0.15) is 35.7 Å². The molecule has 0 radical (unpaired) electrons. The summed E-state index contributed by atoms with van der Waals surface area (Å²) in [5.41, 5.74) is 7.65. The van der Waals surface area contributed by atoms with Gasteiger partial charge in [0.25, 0.3) is 0 Å². The van der Waals surface area contributed by atoms with E-state index < -0.39 is 0 Å². The van der Waals surface area contributed by atoms with Gasteiger partial charge in [0, 0.05) is 5.69 Å². The van der Waals surface area contributed by atoms with Crippen LogP contribution in [0.3, 0.4) is 0 Å². The molecule has 0 saturated heterocycles. The number of anilines is 1. The Labute approximate surface area is 96.0 Å². The number of benzene rings is 1. The maximum absolute atomic E-state index is 11.3. The highest BCUT2D eigenvalue weighted by Crippen LogP contribution is 2.20. The van der Waals surface area contributed by atoms with Gasteiger partial charge in [0.05, 0.1) is 12.7 Å². The molecule has 1 rings (SSSR count). The summed E-state index contributed by atoms with van der Waals surface area (Å²) in [6.07, 6.45) is 0. The first kappa shape index (κ1) is 13.8. The lowest BCUT2D eigenvalue weighted by Crippen LogP contribution is -2.06. The summed E-state index contributed by atoms with van der Waals surface area (Å²) in [6.45, 7) is 4.12. The highest BCUT2D eigenvalue weighted by molar-refractivity contribution is 5.95. The fraction of sp³-hybridized carbons (Fsp3) is 0.364. The summed E-state index contributed by atoms with van der Waals surface area (Å²) in [5.74, 6) is -0.0102. The second-order valence-electron chi connectivity index (χ2n) is 3.49. The number of esters is 1. The Morgan fingerprint density at radius 2 is 2.00 bits per heavy atom. The molecule has 1 aromatic carbocycles. The van der Waals surface area contributed by atoms with Gasteiger partial charge < -0.3 is 10.5 Å². The summed E-state index contributed by atoms with van der Waals surface area (Å²) in [6, 6.07) is 5.44. The maximum atomic E-state index is 11.3. The van der Waals surface area contributed by atoms with Crippen molar-refractivity contribution >= 4 is 24.1 Å². The minimum absolute atomic E-state index is 0. The fourth-order valence-corrected chi connectivity index (χ4v) is 1.22. The second-order valence-corrected chi connectivity index (χ2v) is 3.49. The number of rotatable bonds is 2. The number of carbonyl (C=O) groups is 1. The summed E-state index contributed by atoms with van der Waals surface area (Å²) >= 11 is 0. The van der Waals surface area contributed by atoms with E-state index >= 15 is 0 Å². The zero-order chi connectivity index (χ0) is 10.7. The number of nitrogens with two attached hydrogens (primary N) is 1. The molecule has 0 aromatic heterocycles. The maximum Gasteiger partial charge on any atom is 0.339 e. The van der Waals surface area contributed by atoms with Gasteiger partial charge in [-0.2, -0.15) is 0 Å². The number of nitrogen functional groups attached to an aromatic ring is 1. The van der Waals surface area contributed by atoms with Gasteiger partial charge in [0.1, 0.15) is 0 Å². The first-order valence-electron chi connectivity index (χ1n) is 4.54. The largest absolute Gasteiger partial charge is 0.465 e. The summed E-state index contributed by atoms with van der Waals surface area (Å²) in [4.78, 5) is 11.3. The van der Waals surface area contributed by atoms with Crippen LogP contribution < -0.4 is 5.73 Å². The van der Waals surface area contributed by atoms with E-state index in [1.807, 2.05) is 6.07 Å². The van der Waals surface area contributed by atoms with Crippen LogP contribution >= 0.6 is 12.4 Å². The standard InChI is InChI=1S/C11H15NO2.ClH/c1-7(2)8-4-5-10(12)9(6-8)11(13)14-3;/h4-7H,12H2,1-3H3;1H. The lowest BCUT2D eigenvalue weighted by atomic mass is 10.00. The van der Waals surface area contributed by atoms with Crippen LogP contribution in [0.2, 0.25) is 0 Å². The molecule has 0 heterocycles. The SMILES string of the molecule is COC(=O)c1cc(C(C)C)ccc1N.Cl. The van der Waals surface area contributed by atoms with E-state index in [9.17, 15) is 4.79 Å². The van der Waals surface area contributed by atoms with Crippen LogP contribution in [0, 0.1) is 0 Å². The first-order chi connectivity index (χ1) is 6.56. The van der Waals surface area contributed by atoms with E-state index in [4.69, 9.17) is 5.73 Å². The molecule has 0 aliphatic carbocycles. The van der Waals surface area contributed by atoms with Gasteiger partial charge >= 0.3 is 5.97 Å². The third-order valence-electron chi connectivity index (χ3n) is 2.15. The minimum atomic E-state index is -0.384. The highest BCUT2D eigenvalue weighted by atomic mass is 35.5. The minimum Gasteiger partial charge on any atom is -0.465 e. The Kier molecular flexibility index (Phi) is 5.15. The predicted octanol–water partition coefficient (Wildman–Crippen LogP) is 2.60. The van der Waals surface area contributed by atoms with Crippen molar-refractivity contribution in [3.05, 3.63) is 29.3 Å². The molecular weight excluding hydrogens is 214 g/mol. The van der Waals surface area contributed by atoms with E-state index in [-0.39, 0.29) is 18.4 Å². The first-order valence-corrected chi connectivity index (χ1v) is 4.54. The van der Waals surface area contributed by atoms with E-state index in [0.717, 1.165) is 5.56 Å². The molecule has 0 saturated carbocycles. The predicted molar refractivity (Wildman–Crippen MR) is 63.5 cm³/mol. The molecular formula is C11H16ClNO2. The molecule has 2 N–H and O–H groups in total. The molecule has 0 aliphatic heterocycles. The number of halogens is 1. The normalized spacial score (nSPS) is 9.60. The van der Waals surface area contributed by atoms with Gasteiger partial charge in [-0.3, -0.25) is 0 Å². The number of hydrogen-bond donors (Lipinski definition) is 1. The molecule has 0 amide bonds. The molecule has 0 aliphatic rings. The van der Waals surface area contributed by atoms with Gasteiger partial charge in [-0.15, -0.1) is 12.4 Å². The van der Waals surface area contributed by atoms with Gasteiger partial charge in [0.15, 0.2) is 0 Å². The van der Waals surface area contributed by atoms with Crippen LogP contribution in [0.4, 0.5) is 5.69 Å². The van der Waals surface area contributed by atoms with Crippen molar-refractivity contribution in [1.82, 2.24) is 0 Å². The zero-order valence-corrected chi connectivity index (χ0v) is 9.93. The van der Waals surface area contributed by atoms with Crippen molar-refractivity contribution in [3.63, 3.8) is 0 Å². The molecule has 1 aromatic rings. The van der Waals surface area contributed by atoms with Crippen molar-refractivity contribution in [2.24, 2.45) is 0 Å². The average molecular weight is 230 g/mol. The number of carbonyl (C=O) groups excluding carboxylic acids is 1. The molecule has 0 bridgehead atoms. The Balaban J connectivity index is 0.00000196. The molecule has 15 heavy (non-hydrogen) atoms. The van der Waals surface area contributed by atoms with Crippen LogP contribution in [-0.2, 0) is 4.74 Å². The number of methoxy groups -OCH3 is 1. The van der Waals surface area contributed by atoms with E-state index in [1.165, 1.54) is 7.11 Å². The van der Waals surface area contributed by atoms with Crippen molar-refractivity contribution in [3.8, 4) is 0 Å². The molecule has 3 nitrogen and oxygen atoms in total. The topological polar surface area (TPSA) is 52.3 Å². The molecule has 0 spiro atoms. The molecule has 0 fully saturated rings. The zero-order valence-electron chi connectivity index (χ0n) is 9.11. The van der Waals surface area contributed by atoms with Gasteiger partial charge in [-0.25, -0.2) is 4.79 Å². The number of ether oxygens (including phenoxy) is 1. The van der Waals surface area contributed by atoms with Crippen molar-refractivity contribution < 1.29 is 9.53 Å². The van der Waals surface area contributed by atoms with Crippen LogP contribution in [0.5, 0.6) is 0 Å². The summed E-state index contributed by atoms with van der Waals surface area (Å²) < 4.78 is 4.63. The Hall–Kier alpha value is -1.22.